The molecule has 20 heteroatoms. The topological polar surface area (TPSA) is 234 Å². The van der Waals surface area contributed by atoms with Crippen LogP contribution in [-0.4, -0.2) is 77.2 Å². The normalized spacial score (nSPS) is 5.86. The summed E-state index contributed by atoms with van der Waals surface area (Å²) in [4.78, 5) is 44.5. The molecule has 0 atom stereocenters. The lowest BCUT2D eigenvalue weighted by atomic mass is 10.8. The van der Waals surface area contributed by atoms with Gasteiger partial charge in [0.05, 0.1) is 17.3 Å². The third kappa shape index (κ3) is 335. The van der Waals surface area contributed by atoms with Gasteiger partial charge in [0.25, 0.3) is 0 Å². The average molecular weight is 867 g/mol. The van der Waals surface area contributed by atoms with E-state index in [2.05, 4.69) is 20.1 Å². The number of hydrogen-bond donors (Lipinski definition) is 0. The number of rotatable bonds is 0. The third-order valence-corrected chi connectivity index (χ3v) is 3.01. The van der Waals surface area contributed by atoms with Crippen molar-refractivity contribution in [3.63, 3.8) is 0 Å². The summed E-state index contributed by atoms with van der Waals surface area (Å²) >= 11 is 3.20. The van der Waals surface area contributed by atoms with Gasteiger partial charge < -0.3 is 4.57 Å². The van der Waals surface area contributed by atoms with Crippen LogP contribution in [0.25, 0.3) is 0 Å². The Morgan fingerprint density at radius 3 is 0.772 bits per heavy atom. The minimum atomic E-state index is -0.500. The molecule has 348 valence electrons. The molecule has 0 N–H and O–H groups in total. The van der Waals surface area contributed by atoms with Crippen LogP contribution in [-0.2, 0) is 14.1 Å². The van der Waals surface area contributed by atoms with Gasteiger partial charge in [0.15, 0.2) is 28.2 Å². The van der Waals surface area contributed by atoms with Crippen LogP contribution in [0.1, 0.15) is 133 Å². The SMILES string of the molecule is C.C.C.CC.CC.CC.CC.CC.CC.CC.CC.C[N+](=O)[O-].C[N+](=O)[O-].C[N+](=O)[O-].C[N+](=O)[O-].Cn1cccn1.Cn1ccnc1.c1cscn1.c1cscn1. The molecule has 0 radical (unpaired) electrons. The van der Waals surface area contributed by atoms with Gasteiger partial charge in [-0.05, 0) is 6.07 Å². The summed E-state index contributed by atoms with van der Waals surface area (Å²) in [6.45, 7) is 32.0. The van der Waals surface area contributed by atoms with Gasteiger partial charge in [-0.15, -0.1) is 22.7 Å². The maximum Gasteiger partial charge on any atom is 0.194 e. The molecule has 4 aromatic rings. The highest BCUT2D eigenvalue weighted by atomic mass is 32.1. The van der Waals surface area contributed by atoms with Gasteiger partial charge in [-0.3, -0.25) is 55.1 Å². The van der Waals surface area contributed by atoms with Gasteiger partial charge in [0.2, 0.25) is 0 Å². The fraction of sp³-hybridized carbons (Fsp3) is 0.676. The number of nitrogens with zero attached hydrogens (tertiary/aromatic N) is 10. The lowest BCUT2D eigenvalue weighted by Gasteiger charge is -1.77. The highest BCUT2D eigenvalue weighted by Crippen LogP contribution is 1.86. The molecule has 4 aromatic heterocycles. The molecule has 18 nitrogen and oxygen atoms in total. The van der Waals surface area contributed by atoms with E-state index in [9.17, 15) is 0 Å². The molecule has 0 fully saturated rings. The summed E-state index contributed by atoms with van der Waals surface area (Å²) in [5.74, 6) is 0. The Bertz CT molecular complexity index is 859. The van der Waals surface area contributed by atoms with Crippen LogP contribution in [0.3, 0.4) is 0 Å². The van der Waals surface area contributed by atoms with E-state index >= 15 is 0 Å². The number of hydrogen-bond acceptors (Lipinski definition) is 14. The van der Waals surface area contributed by atoms with Crippen LogP contribution < -0.4 is 0 Å². The largest absolute Gasteiger partial charge is 0.341 e. The van der Waals surface area contributed by atoms with E-state index in [0.717, 1.165) is 28.2 Å². The lowest BCUT2D eigenvalue weighted by Crippen LogP contribution is -1.83. The van der Waals surface area contributed by atoms with Gasteiger partial charge in [0.1, 0.15) is 0 Å². The van der Waals surface area contributed by atoms with E-state index in [-0.39, 0.29) is 22.3 Å². The van der Waals surface area contributed by atoms with E-state index in [4.69, 9.17) is 40.5 Å². The van der Waals surface area contributed by atoms with Crippen LogP contribution in [0.2, 0.25) is 0 Å². The Hall–Kier alpha value is -4.72. The molecular formula is C37H90N10O8S2. The zero-order chi connectivity index (χ0) is 46.2. The second-order valence-corrected chi connectivity index (χ2v) is 7.03. The van der Waals surface area contributed by atoms with Crippen LogP contribution in [0.5, 0.6) is 0 Å². The Morgan fingerprint density at radius 1 is 0.456 bits per heavy atom. The fourth-order valence-electron chi connectivity index (χ4n) is 1.02. The molecule has 0 unspecified atom stereocenters. The quantitative estimate of drug-likeness (QED) is 0.119. The van der Waals surface area contributed by atoms with E-state index in [1.54, 1.807) is 69.5 Å². The summed E-state index contributed by atoms with van der Waals surface area (Å²) in [7, 11) is 7.38. The average Bonchev–Trinajstić information content (AvgIpc) is 4.03. The molecule has 0 saturated heterocycles. The van der Waals surface area contributed by atoms with Gasteiger partial charge in [-0.1, -0.05) is 133 Å². The first-order valence-corrected chi connectivity index (χ1v) is 19.4. The predicted molar refractivity (Wildman–Crippen MR) is 253 cm³/mol. The molecule has 0 aliphatic rings. The molecule has 0 aliphatic heterocycles. The van der Waals surface area contributed by atoms with Crippen molar-refractivity contribution in [2.24, 2.45) is 14.1 Å². The highest BCUT2D eigenvalue weighted by molar-refractivity contribution is 7.07. The van der Waals surface area contributed by atoms with Crippen molar-refractivity contribution >= 4 is 22.7 Å². The lowest BCUT2D eigenvalue weighted by molar-refractivity contribution is -0.445. The first kappa shape index (κ1) is 98.9. The second kappa shape index (κ2) is 132. The smallest absolute Gasteiger partial charge is 0.194 e. The number of thiazole rings is 2. The fourth-order valence-corrected chi connectivity index (χ4v) is 1.73. The molecule has 0 bridgehead atoms. The van der Waals surface area contributed by atoms with Crippen LogP contribution in [0, 0.1) is 40.5 Å². The van der Waals surface area contributed by atoms with Crippen molar-refractivity contribution in [2.45, 2.75) is 133 Å². The molecule has 0 aliphatic carbocycles. The van der Waals surface area contributed by atoms with Crippen molar-refractivity contribution in [3.05, 3.63) is 112 Å². The standard InChI is InChI=1S/2C4H6N2.2C3H3NS.8C2H6.4CH3NO2.3CH4/c1-6-3-2-5-4-6;1-6-4-2-3-5-6;2*1-2-5-3-4-1;8*1-2;4*1-2(3)4;;;/h2*2-4H,1H3;2*1-3H;8*1-2H3;4*1H3;3*1H4. The zero-order valence-electron chi connectivity index (χ0n) is 37.5. The number of nitro groups is 4. The van der Waals surface area contributed by atoms with Crippen molar-refractivity contribution in [1.29, 1.82) is 0 Å². The summed E-state index contributed by atoms with van der Waals surface area (Å²) in [6, 6.07) is 1.89. The van der Waals surface area contributed by atoms with Crippen LogP contribution >= 0.6 is 22.7 Å². The maximum atomic E-state index is 8.81. The number of aryl methyl sites for hydroxylation is 2. The first-order chi connectivity index (χ1) is 25.7. The summed E-state index contributed by atoms with van der Waals surface area (Å²) in [6.07, 6.45) is 12.6. The second-order valence-electron chi connectivity index (χ2n) is 5.52. The van der Waals surface area contributed by atoms with Crippen molar-refractivity contribution in [3.8, 4) is 0 Å². The molecule has 0 amide bonds. The minimum absolute atomic E-state index is 0. The van der Waals surface area contributed by atoms with Crippen LogP contribution in [0.15, 0.2) is 71.4 Å². The van der Waals surface area contributed by atoms with Gasteiger partial charge >= 0.3 is 0 Å². The van der Waals surface area contributed by atoms with Crippen molar-refractivity contribution in [1.82, 2.24) is 29.3 Å². The van der Waals surface area contributed by atoms with E-state index in [0.29, 0.717) is 0 Å². The molecule has 0 spiro atoms. The third-order valence-electron chi connectivity index (χ3n) is 1.97. The molecule has 4 heterocycles. The summed E-state index contributed by atoms with van der Waals surface area (Å²) < 4.78 is 3.64. The molecule has 0 saturated carbocycles. The molecule has 57 heavy (non-hydrogen) atoms. The van der Waals surface area contributed by atoms with Crippen molar-refractivity contribution in [2.75, 3.05) is 28.2 Å². The minimum Gasteiger partial charge on any atom is -0.341 e. The Morgan fingerprint density at radius 2 is 0.719 bits per heavy atom. The Balaban J connectivity index is -0.0000000258. The number of imidazole rings is 1. The predicted octanol–water partition coefficient (Wildman–Crippen LogP) is 12.8. The van der Waals surface area contributed by atoms with Crippen molar-refractivity contribution < 1.29 is 19.7 Å². The number of aromatic nitrogens is 6. The summed E-state index contributed by atoms with van der Waals surface area (Å²) in [5, 5.41) is 42.9. The molecular weight excluding hydrogens is 777 g/mol. The van der Waals surface area contributed by atoms with Gasteiger partial charge in [-0.2, -0.15) is 5.10 Å². The van der Waals surface area contributed by atoms with E-state index < -0.39 is 19.7 Å². The van der Waals surface area contributed by atoms with Crippen LogP contribution in [0.4, 0.5) is 0 Å². The molecule has 4 rings (SSSR count). The van der Waals surface area contributed by atoms with Gasteiger partial charge in [0, 0.05) is 81.7 Å². The Kier molecular flexibility index (Phi) is 230. The maximum absolute atomic E-state index is 8.81. The Labute approximate surface area is 357 Å². The highest BCUT2D eigenvalue weighted by Gasteiger charge is 1.70. The molecule has 0 aromatic carbocycles. The zero-order valence-corrected chi connectivity index (χ0v) is 39.1. The van der Waals surface area contributed by atoms with E-state index in [1.165, 1.54) is 0 Å². The van der Waals surface area contributed by atoms with Gasteiger partial charge in [-0.25, -0.2) is 4.98 Å². The first-order valence-electron chi connectivity index (χ1n) is 17.5. The monoisotopic (exact) mass is 867 g/mol. The summed E-state index contributed by atoms with van der Waals surface area (Å²) in [5.41, 5.74) is 3.58. The van der Waals surface area contributed by atoms with E-state index in [1.807, 2.05) is 159 Å².